The third kappa shape index (κ3) is 4.94. The van der Waals surface area contributed by atoms with Crippen LogP contribution < -0.4 is 5.73 Å². The molecule has 0 spiro atoms. The fourth-order valence-electron chi connectivity index (χ4n) is 2.34. The molecule has 3 atom stereocenters. The maximum absolute atomic E-state index is 9.43. The third-order valence-corrected chi connectivity index (χ3v) is 3.67. The van der Waals surface area contributed by atoms with Crippen LogP contribution in [0.4, 0.5) is 0 Å². The second-order valence-electron chi connectivity index (χ2n) is 5.55. The number of nitrogens with two attached hydrogens (primary N) is 1. The Morgan fingerprint density at radius 1 is 1.26 bits per heavy atom. The largest absolute Gasteiger partial charge is 0.393 e. The van der Waals surface area contributed by atoms with Gasteiger partial charge >= 0.3 is 0 Å². The van der Waals surface area contributed by atoms with Crippen molar-refractivity contribution < 1.29 is 5.11 Å². The molecule has 108 valence electrons. The van der Waals surface area contributed by atoms with Gasteiger partial charge in [0.25, 0.3) is 0 Å². The first-order valence-electron chi connectivity index (χ1n) is 7.16. The molecule has 3 heteroatoms. The summed E-state index contributed by atoms with van der Waals surface area (Å²) >= 11 is 0. The fraction of sp³-hybridized carbons (Fsp3) is 0.625. The van der Waals surface area contributed by atoms with Gasteiger partial charge in [0, 0.05) is 18.6 Å². The van der Waals surface area contributed by atoms with Gasteiger partial charge < -0.3 is 10.8 Å². The van der Waals surface area contributed by atoms with Gasteiger partial charge in [-0.05, 0) is 39.3 Å². The van der Waals surface area contributed by atoms with Crippen LogP contribution in [0.5, 0.6) is 0 Å². The molecule has 0 amide bonds. The van der Waals surface area contributed by atoms with Crippen LogP contribution in [0.25, 0.3) is 0 Å². The molecule has 19 heavy (non-hydrogen) atoms. The first kappa shape index (κ1) is 16.2. The molecule has 0 aliphatic rings. The summed E-state index contributed by atoms with van der Waals surface area (Å²) in [6.07, 6.45) is 1.45. The highest BCUT2D eigenvalue weighted by atomic mass is 16.3. The van der Waals surface area contributed by atoms with Gasteiger partial charge in [0.1, 0.15) is 0 Å². The number of rotatable bonds is 7. The molecule has 0 aliphatic carbocycles. The van der Waals surface area contributed by atoms with Gasteiger partial charge in [-0.2, -0.15) is 0 Å². The van der Waals surface area contributed by atoms with E-state index in [1.807, 2.05) is 6.92 Å². The smallest absolute Gasteiger partial charge is 0.0524 e. The van der Waals surface area contributed by atoms with Crippen LogP contribution in [0.2, 0.25) is 0 Å². The molecule has 1 rings (SSSR count). The third-order valence-electron chi connectivity index (χ3n) is 3.67. The Morgan fingerprint density at radius 3 is 2.32 bits per heavy atom. The van der Waals surface area contributed by atoms with Gasteiger partial charge in [-0.1, -0.05) is 36.8 Å². The van der Waals surface area contributed by atoms with E-state index in [1.165, 1.54) is 11.1 Å². The lowest BCUT2D eigenvalue weighted by Gasteiger charge is -2.33. The molecule has 3 nitrogen and oxygen atoms in total. The molecule has 0 radical (unpaired) electrons. The zero-order valence-corrected chi connectivity index (χ0v) is 12.6. The Bertz CT molecular complexity index is 362. The molecule has 0 heterocycles. The van der Waals surface area contributed by atoms with Crippen LogP contribution in [0.15, 0.2) is 24.3 Å². The number of aryl methyl sites for hydroxylation is 1. The van der Waals surface area contributed by atoms with Crippen LogP contribution in [0.1, 0.15) is 43.9 Å². The van der Waals surface area contributed by atoms with E-state index in [9.17, 15) is 5.11 Å². The molecule has 1 aromatic rings. The van der Waals surface area contributed by atoms with Crippen LogP contribution >= 0.6 is 0 Å². The Labute approximate surface area is 117 Å². The summed E-state index contributed by atoms with van der Waals surface area (Å²) in [6.45, 7) is 6.89. The summed E-state index contributed by atoms with van der Waals surface area (Å²) in [4.78, 5) is 2.26. The summed E-state index contributed by atoms with van der Waals surface area (Å²) in [6, 6.07) is 8.91. The van der Waals surface area contributed by atoms with Crippen molar-refractivity contribution in [1.29, 1.82) is 0 Å². The summed E-state index contributed by atoms with van der Waals surface area (Å²) in [5.74, 6) is 0. The molecule has 3 N–H and O–H groups in total. The molecule has 0 fully saturated rings. The van der Waals surface area contributed by atoms with Crippen molar-refractivity contribution in [2.45, 2.75) is 51.8 Å². The first-order chi connectivity index (χ1) is 8.95. The van der Waals surface area contributed by atoms with Gasteiger partial charge in [-0.15, -0.1) is 0 Å². The van der Waals surface area contributed by atoms with Crippen molar-refractivity contribution in [3.63, 3.8) is 0 Å². The van der Waals surface area contributed by atoms with Gasteiger partial charge in [0.15, 0.2) is 0 Å². The molecule has 0 saturated heterocycles. The topological polar surface area (TPSA) is 49.5 Å². The minimum Gasteiger partial charge on any atom is -0.393 e. The van der Waals surface area contributed by atoms with Crippen LogP contribution in [0.3, 0.4) is 0 Å². The second kappa shape index (κ2) is 7.63. The van der Waals surface area contributed by atoms with Gasteiger partial charge in [-0.3, -0.25) is 4.90 Å². The van der Waals surface area contributed by atoms with Crippen LogP contribution in [-0.2, 0) is 0 Å². The molecule has 0 aliphatic heterocycles. The Morgan fingerprint density at radius 2 is 1.84 bits per heavy atom. The summed E-state index contributed by atoms with van der Waals surface area (Å²) in [5, 5.41) is 9.43. The first-order valence-corrected chi connectivity index (χ1v) is 7.16. The summed E-state index contributed by atoms with van der Waals surface area (Å²) in [5.41, 5.74) is 8.81. The van der Waals surface area contributed by atoms with E-state index in [0.29, 0.717) is 0 Å². The highest BCUT2D eigenvalue weighted by Gasteiger charge is 2.22. The Hall–Kier alpha value is -0.900. The minimum atomic E-state index is -0.265. The summed E-state index contributed by atoms with van der Waals surface area (Å²) < 4.78 is 0. The average Bonchev–Trinajstić information content (AvgIpc) is 2.38. The molecule has 1 aromatic carbocycles. The Kier molecular flexibility index (Phi) is 6.49. The molecule has 3 unspecified atom stereocenters. The summed E-state index contributed by atoms with van der Waals surface area (Å²) in [7, 11) is 2.09. The van der Waals surface area contributed by atoms with E-state index < -0.39 is 0 Å². The number of likely N-dealkylation sites (N-methyl/N-ethyl adjacent to an activating group) is 1. The van der Waals surface area contributed by atoms with Crippen LogP contribution in [0, 0.1) is 6.92 Å². The lowest BCUT2D eigenvalue weighted by molar-refractivity contribution is 0.140. The Balaban J connectivity index is 2.85. The van der Waals surface area contributed by atoms with Crippen molar-refractivity contribution in [2.24, 2.45) is 5.73 Å². The van der Waals surface area contributed by atoms with Gasteiger partial charge in [0.2, 0.25) is 0 Å². The van der Waals surface area contributed by atoms with E-state index in [-0.39, 0.29) is 18.2 Å². The normalized spacial score (nSPS) is 16.4. The maximum Gasteiger partial charge on any atom is 0.0524 e. The minimum absolute atomic E-state index is 0.113. The molecule has 0 aromatic heterocycles. The highest BCUT2D eigenvalue weighted by molar-refractivity contribution is 5.25. The predicted octanol–water partition coefficient (Wildman–Crippen LogP) is 2.48. The quantitative estimate of drug-likeness (QED) is 0.795. The lowest BCUT2D eigenvalue weighted by atomic mass is 9.95. The van der Waals surface area contributed by atoms with E-state index >= 15 is 0 Å². The number of benzene rings is 1. The zero-order valence-electron chi connectivity index (χ0n) is 12.6. The number of hydrogen-bond acceptors (Lipinski definition) is 3. The standard InChI is InChI=1S/C16H28N2O/c1-5-15(17)16(18(4)11-10-13(3)19)14-8-6-12(2)7-9-14/h6-9,13,15-16,19H,5,10-11,17H2,1-4H3. The van der Waals surface area contributed by atoms with E-state index in [1.54, 1.807) is 0 Å². The van der Waals surface area contributed by atoms with Crippen LogP contribution in [-0.4, -0.2) is 35.7 Å². The molecule has 0 saturated carbocycles. The SMILES string of the molecule is CCC(N)C(c1ccc(C)cc1)N(C)CCC(C)O. The van der Waals surface area contributed by atoms with Crippen molar-refractivity contribution in [3.05, 3.63) is 35.4 Å². The van der Waals surface area contributed by atoms with Crippen molar-refractivity contribution in [3.8, 4) is 0 Å². The van der Waals surface area contributed by atoms with Crippen molar-refractivity contribution in [2.75, 3.05) is 13.6 Å². The maximum atomic E-state index is 9.43. The number of hydrogen-bond donors (Lipinski definition) is 2. The molecular formula is C16H28N2O. The van der Waals surface area contributed by atoms with Crippen molar-refractivity contribution in [1.82, 2.24) is 4.90 Å². The van der Waals surface area contributed by atoms with Crippen molar-refractivity contribution >= 4 is 0 Å². The zero-order chi connectivity index (χ0) is 14.4. The van der Waals surface area contributed by atoms with E-state index in [4.69, 9.17) is 5.73 Å². The van der Waals surface area contributed by atoms with Gasteiger partial charge in [0.05, 0.1) is 6.10 Å². The molecular weight excluding hydrogens is 236 g/mol. The predicted molar refractivity (Wildman–Crippen MR) is 81.1 cm³/mol. The fourth-order valence-corrected chi connectivity index (χ4v) is 2.34. The van der Waals surface area contributed by atoms with Gasteiger partial charge in [-0.25, -0.2) is 0 Å². The monoisotopic (exact) mass is 264 g/mol. The average molecular weight is 264 g/mol. The number of aliphatic hydroxyl groups is 1. The number of aliphatic hydroxyl groups excluding tert-OH is 1. The van der Waals surface area contributed by atoms with E-state index in [0.717, 1.165) is 19.4 Å². The highest BCUT2D eigenvalue weighted by Crippen LogP contribution is 2.24. The molecule has 0 bridgehead atoms. The second-order valence-corrected chi connectivity index (χ2v) is 5.55. The van der Waals surface area contributed by atoms with E-state index in [2.05, 4.69) is 50.1 Å². The lowest BCUT2D eigenvalue weighted by Crippen LogP contribution is -2.39. The number of nitrogens with zero attached hydrogens (tertiary/aromatic N) is 1.